The summed E-state index contributed by atoms with van der Waals surface area (Å²) in [6.45, 7) is 5.15. The Hall–Kier alpha value is -0.570. The van der Waals surface area contributed by atoms with Crippen molar-refractivity contribution < 1.29 is 9.53 Å². The second-order valence-corrected chi connectivity index (χ2v) is 7.30. The van der Waals surface area contributed by atoms with E-state index in [4.69, 9.17) is 4.74 Å². The maximum atomic E-state index is 12.5. The zero-order valence-corrected chi connectivity index (χ0v) is 13.0. The van der Waals surface area contributed by atoms with E-state index in [1.165, 1.54) is 32.1 Å². The van der Waals surface area contributed by atoms with Crippen molar-refractivity contribution >= 4 is 5.91 Å². The standard InChI is InChI=1S/C17H29NO2/c1-3-20-15-11-14(17(15)8-5-9-17)18-16(19)13-7-4-6-12(2)10-13/h12-15H,3-11H2,1-2H3,(H,18,19)/t12-,13+,14-,15+/m0/s1. The van der Waals surface area contributed by atoms with E-state index in [1.807, 2.05) is 0 Å². The Labute approximate surface area is 122 Å². The largest absolute Gasteiger partial charge is 0.378 e. The van der Waals surface area contributed by atoms with Gasteiger partial charge in [0, 0.05) is 24.0 Å². The summed E-state index contributed by atoms with van der Waals surface area (Å²) in [6, 6.07) is 0.387. The van der Waals surface area contributed by atoms with Crippen LogP contribution in [0.5, 0.6) is 0 Å². The van der Waals surface area contributed by atoms with Crippen LogP contribution < -0.4 is 5.32 Å². The molecule has 4 atom stereocenters. The molecule has 3 aliphatic carbocycles. The van der Waals surface area contributed by atoms with Crippen LogP contribution in [-0.2, 0) is 9.53 Å². The predicted octanol–water partition coefficient (Wildman–Crippen LogP) is 3.28. The fourth-order valence-electron chi connectivity index (χ4n) is 4.60. The van der Waals surface area contributed by atoms with E-state index in [9.17, 15) is 4.79 Å². The predicted molar refractivity (Wildman–Crippen MR) is 79.4 cm³/mol. The van der Waals surface area contributed by atoms with Gasteiger partial charge in [0.15, 0.2) is 0 Å². The average molecular weight is 279 g/mol. The molecular weight excluding hydrogens is 250 g/mol. The van der Waals surface area contributed by atoms with Crippen LogP contribution >= 0.6 is 0 Å². The maximum absolute atomic E-state index is 12.5. The molecule has 1 N–H and O–H groups in total. The molecule has 0 unspecified atom stereocenters. The highest BCUT2D eigenvalue weighted by Crippen LogP contribution is 2.57. The van der Waals surface area contributed by atoms with Gasteiger partial charge in [-0.1, -0.05) is 26.2 Å². The average Bonchev–Trinajstić information content (AvgIpc) is 2.35. The molecule has 3 saturated carbocycles. The van der Waals surface area contributed by atoms with Crippen LogP contribution in [0.3, 0.4) is 0 Å². The van der Waals surface area contributed by atoms with Crippen molar-refractivity contribution in [1.82, 2.24) is 5.32 Å². The highest BCUT2D eigenvalue weighted by atomic mass is 16.5. The minimum Gasteiger partial charge on any atom is -0.378 e. The van der Waals surface area contributed by atoms with Crippen LogP contribution in [0.1, 0.15) is 65.2 Å². The summed E-state index contributed by atoms with van der Waals surface area (Å²) in [7, 11) is 0. The van der Waals surface area contributed by atoms with Crippen LogP contribution in [0.15, 0.2) is 0 Å². The van der Waals surface area contributed by atoms with Crippen molar-refractivity contribution in [3.8, 4) is 0 Å². The molecular formula is C17H29NO2. The van der Waals surface area contributed by atoms with Gasteiger partial charge in [-0.05, 0) is 44.9 Å². The molecule has 3 nitrogen and oxygen atoms in total. The Morgan fingerprint density at radius 1 is 1.25 bits per heavy atom. The number of carbonyl (C=O) groups is 1. The SMILES string of the molecule is CCO[C@@H]1C[C@H](NC(=O)[C@@H]2CCC[C@H](C)C2)C12CCC2. The topological polar surface area (TPSA) is 38.3 Å². The minimum atomic E-state index is 0.266. The third-order valence-corrected chi connectivity index (χ3v) is 6.06. The van der Waals surface area contributed by atoms with Crippen LogP contribution in [0, 0.1) is 17.3 Å². The molecule has 1 spiro atoms. The number of hydrogen-bond acceptors (Lipinski definition) is 2. The molecule has 0 bridgehead atoms. The number of hydrogen-bond donors (Lipinski definition) is 1. The van der Waals surface area contributed by atoms with Gasteiger partial charge >= 0.3 is 0 Å². The van der Waals surface area contributed by atoms with Gasteiger partial charge in [-0.25, -0.2) is 0 Å². The van der Waals surface area contributed by atoms with Gasteiger partial charge in [0.1, 0.15) is 0 Å². The summed E-state index contributed by atoms with van der Waals surface area (Å²) in [6.07, 6.45) is 9.90. The first-order valence-electron chi connectivity index (χ1n) is 8.57. The Bertz CT molecular complexity index is 364. The Morgan fingerprint density at radius 2 is 2.05 bits per heavy atom. The fraction of sp³-hybridized carbons (Fsp3) is 0.941. The molecule has 0 aliphatic heterocycles. The zero-order valence-electron chi connectivity index (χ0n) is 13.0. The molecule has 3 fully saturated rings. The molecule has 0 aromatic heterocycles. The van der Waals surface area contributed by atoms with E-state index >= 15 is 0 Å². The molecule has 20 heavy (non-hydrogen) atoms. The van der Waals surface area contributed by atoms with Crippen molar-refractivity contribution in [1.29, 1.82) is 0 Å². The lowest BCUT2D eigenvalue weighted by Crippen LogP contribution is -2.68. The summed E-state index contributed by atoms with van der Waals surface area (Å²) in [5.41, 5.74) is 0.298. The second-order valence-electron chi connectivity index (χ2n) is 7.30. The highest BCUT2D eigenvalue weighted by Gasteiger charge is 2.59. The van der Waals surface area contributed by atoms with Gasteiger partial charge in [-0.2, -0.15) is 0 Å². The monoisotopic (exact) mass is 279 g/mol. The Balaban J connectivity index is 1.54. The third-order valence-electron chi connectivity index (χ3n) is 6.06. The number of nitrogens with one attached hydrogen (secondary N) is 1. The molecule has 3 heteroatoms. The van der Waals surface area contributed by atoms with E-state index in [1.54, 1.807) is 0 Å². The summed E-state index contributed by atoms with van der Waals surface area (Å²) in [5, 5.41) is 3.37. The maximum Gasteiger partial charge on any atom is 0.223 e. The first kappa shape index (κ1) is 14.4. The van der Waals surface area contributed by atoms with Crippen LogP contribution in [0.25, 0.3) is 0 Å². The molecule has 3 aliphatic rings. The van der Waals surface area contributed by atoms with Crippen LogP contribution in [0.4, 0.5) is 0 Å². The van der Waals surface area contributed by atoms with Crippen LogP contribution in [-0.4, -0.2) is 24.7 Å². The molecule has 0 heterocycles. The van der Waals surface area contributed by atoms with Crippen molar-refractivity contribution in [3.63, 3.8) is 0 Å². The molecule has 0 aromatic rings. The number of carbonyl (C=O) groups excluding carboxylic acids is 1. The third kappa shape index (κ3) is 2.38. The van der Waals surface area contributed by atoms with E-state index in [0.29, 0.717) is 23.5 Å². The van der Waals surface area contributed by atoms with E-state index in [2.05, 4.69) is 19.2 Å². The van der Waals surface area contributed by atoms with Crippen molar-refractivity contribution in [2.75, 3.05) is 6.61 Å². The fourth-order valence-corrected chi connectivity index (χ4v) is 4.60. The lowest BCUT2D eigenvalue weighted by Gasteiger charge is -2.61. The first-order valence-corrected chi connectivity index (χ1v) is 8.57. The zero-order chi connectivity index (χ0) is 14.2. The van der Waals surface area contributed by atoms with Gasteiger partial charge in [0.05, 0.1) is 6.10 Å². The van der Waals surface area contributed by atoms with E-state index < -0.39 is 0 Å². The molecule has 3 rings (SSSR count). The normalized spacial score (nSPS) is 38.9. The van der Waals surface area contributed by atoms with Crippen molar-refractivity contribution in [3.05, 3.63) is 0 Å². The summed E-state index contributed by atoms with van der Waals surface area (Å²) in [5.74, 6) is 1.31. The molecule has 0 aromatic carbocycles. The lowest BCUT2D eigenvalue weighted by atomic mass is 9.51. The molecule has 0 saturated heterocycles. The summed E-state index contributed by atoms with van der Waals surface area (Å²) >= 11 is 0. The summed E-state index contributed by atoms with van der Waals surface area (Å²) < 4.78 is 5.86. The minimum absolute atomic E-state index is 0.266. The van der Waals surface area contributed by atoms with Gasteiger partial charge in [-0.3, -0.25) is 4.79 Å². The van der Waals surface area contributed by atoms with Gasteiger partial charge in [0.2, 0.25) is 5.91 Å². The summed E-state index contributed by atoms with van der Waals surface area (Å²) in [4.78, 5) is 12.5. The first-order chi connectivity index (χ1) is 9.65. The van der Waals surface area contributed by atoms with Gasteiger partial charge < -0.3 is 10.1 Å². The number of rotatable bonds is 4. The molecule has 114 valence electrons. The smallest absolute Gasteiger partial charge is 0.223 e. The molecule has 0 radical (unpaired) electrons. The highest BCUT2D eigenvalue weighted by molar-refractivity contribution is 5.79. The number of ether oxygens (including phenoxy) is 1. The van der Waals surface area contributed by atoms with Crippen LogP contribution in [0.2, 0.25) is 0 Å². The number of amides is 1. The van der Waals surface area contributed by atoms with E-state index in [0.717, 1.165) is 31.8 Å². The Morgan fingerprint density at radius 3 is 2.65 bits per heavy atom. The van der Waals surface area contributed by atoms with Crippen molar-refractivity contribution in [2.45, 2.75) is 77.4 Å². The van der Waals surface area contributed by atoms with E-state index in [-0.39, 0.29) is 5.92 Å². The second kappa shape index (κ2) is 5.67. The molecule has 1 amide bonds. The Kier molecular flexibility index (Phi) is 4.07. The lowest BCUT2D eigenvalue weighted by molar-refractivity contribution is -0.177. The van der Waals surface area contributed by atoms with Gasteiger partial charge in [0.25, 0.3) is 0 Å². The van der Waals surface area contributed by atoms with Crippen molar-refractivity contribution in [2.24, 2.45) is 17.3 Å². The quantitative estimate of drug-likeness (QED) is 0.857. The van der Waals surface area contributed by atoms with Gasteiger partial charge in [-0.15, -0.1) is 0 Å².